The van der Waals surface area contributed by atoms with Gasteiger partial charge >= 0.3 is 0 Å². The van der Waals surface area contributed by atoms with Crippen LogP contribution in [0.5, 0.6) is 0 Å². The van der Waals surface area contributed by atoms with E-state index in [-0.39, 0.29) is 6.04 Å². The second kappa shape index (κ2) is 6.38. The van der Waals surface area contributed by atoms with Crippen LogP contribution in [0, 0.1) is 5.92 Å². The summed E-state index contributed by atoms with van der Waals surface area (Å²) in [5, 5.41) is 4.41. The summed E-state index contributed by atoms with van der Waals surface area (Å²) in [6.45, 7) is 2.93. The van der Waals surface area contributed by atoms with Crippen LogP contribution in [-0.4, -0.2) is 12.6 Å². The minimum Gasteiger partial charge on any atom is -0.329 e. The van der Waals surface area contributed by atoms with Gasteiger partial charge in [0.05, 0.1) is 5.02 Å². The van der Waals surface area contributed by atoms with E-state index in [9.17, 15) is 0 Å². The van der Waals surface area contributed by atoms with Crippen LogP contribution in [0.1, 0.15) is 37.8 Å². The van der Waals surface area contributed by atoms with Gasteiger partial charge in [-0.05, 0) is 58.8 Å². The van der Waals surface area contributed by atoms with Crippen molar-refractivity contribution >= 4 is 27.5 Å². The van der Waals surface area contributed by atoms with Crippen molar-refractivity contribution in [3.05, 3.63) is 33.3 Å². The third-order valence-electron chi connectivity index (χ3n) is 3.71. The smallest absolute Gasteiger partial charge is 0.0548 e. The van der Waals surface area contributed by atoms with E-state index in [1.165, 1.54) is 24.8 Å². The third-order valence-corrected chi connectivity index (χ3v) is 4.93. The van der Waals surface area contributed by atoms with Gasteiger partial charge in [0.25, 0.3) is 0 Å². The van der Waals surface area contributed by atoms with Crippen molar-refractivity contribution in [2.24, 2.45) is 11.7 Å². The number of hydrogen-bond acceptors (Lipinski definition) is 2. The first kappa shape index (κ1) is 14.3. The molecule has 3 N–H and O–H groups in total. The molecule has 0 spiro atoms. The topological polar surface area (TPSA) is 38.0 Å². The Morgan fingerprint density at radius 2 is 2.28 bits per heavy atom. The predicted molar refractivity (Wildman–Crippen MR) is 80.9 cm³/mol. The highest BCUT2D eigenvalue weighted by Gasteiger charge is 2.23. The standard InChI is InChI=1S/C14H20BrClN2/c1-9-2-4-11(6-9)18-14(8-17)10-3-5-13(16)12(15)7-10/h3,5,7,9,11,14,18H,2,4,6,8,17H2,1H3. The van der Waals surface area contributed by atoms with E-state index in [4.69, 9.17) is 17.3 Å². The molecule has 1 aliphatic rings. The Labute approximate surface area is 122 Å². The molecule has 1 fully saturated rings. The Hall–Kier alpha value is -0.0900. The van der Waals surface area contributed by atoms with Crippen molar-refractivity contribution in [3.63, 3.8) is 0 Å². The Kier molecular flexibility index (Phi) is 5.07. The van der Waals surface area contributed by atoms with E-state index in [1.807, 2.05) is 6.07 Å². The molecule has 1 aliphatic carbocycles. The maximum Gasteiger partial charge on any atom is 0.0548 e. The first-order valence-electron chi connectivity index (χ1n) is 6.51. The highest BCUT2D eigenvalue weighted by atomic mass is 79.9. The highest BCUT2D eigenvalue weighted by molar-refractivity contribution is 9.10. The Balaban J connectivity index is 2.05. The van der Waals surface area contributed by atoms with Crippen molar-refractivity contribution in [2.75, 3.05) is 6.54 Å². The fraction of sp³-hybridized carbons (Fsp3) is 0.571. The molecule has 0 bridgehead atoms. The summed E-state index contributed by atoms with van der Waals surface area (Å²) in [6.07, 6.45) is 3.83. The molecule has 0 aromatic heterocycles. The van der Waals surface area contributed by atoms with Crippen molar-refractivity contribution in [1.82, 2.24) is 5.32 Å². The molecule has 18 heavy (non-hydrogen) atoms. The van der Waals surface area contributed by atoms with Crippen molar-refractivity contribution in [3.8, 4) is 0 Å². The number of benzene rings is 1. The SMILES string of the molecule is CC1CCC(NC(CN)c2ccc(Cl)c(Br)c2)C1. The van der Waals surface area contributed by atoms with E-state index >= 15 is 0 Å². The Bertz CT molecular complexity index is 411. The monoisotopic (exact) mass is 330 g/mol. The summed E-state index contributed by atoms with van der Waals surface area (Å²) in [7, 11) is 0. The summed E-state index contributed by atoms with van der Waals surface area (Å²) in [5.74, 6) is 0.831. The van der Waals surface area contributed by atoms with Crippen molar-refractivity contribution in [2.45, 2.75) is 38.3 Å². The molecule has 0 amide bonds. The molecule has 0 aliphatic heterocycles. The fourth-order valence-corrected chi connectivity index (χ4v) is 3.19. The lowest BCUT2D eigenvalue weighted by Gasteiger charge is -2.22. The molecular formula is C14H20BrClN2. The summed E-state index contributed by atoms with van der Waals surface area (Å²) in [5.41, 5.74) is 7.10. The zero-order valence-corrected chi connectivity index (χ0v) is 13.0. The summed E-state index contributed by atoms with van der Waals surface area (Å²) in [4.78, 5) is 0. The van der Waals surface area contributed by atoms with Crippen LogP contribution < -0.4 is 11.1 Å². The predicted octanol–water partition coefficient (Wildman–Crippen LogP) is 3.88. The molecule has 1 aromatic carbocycles. The Morgan fingerprint density at radius 3 is 2.83 bits per heavy atom. The fourth-order valence-electron chi connectivity index (χ4n) is 2.67. The molecule has 100 valence electrons. The molecule has 2 rings (SSSR count). The minimum atomic E-state index is 0.217. The van der Waals surface area contributed by atoms with E-state index in [0.717, 1.165) is 15.4 Å². The Morgan fingerprint density at radius 1 is 1.50 bits per heavy atom. The first-order valence-corrected chi connectivity index (χ1v) is 7.68. The van der Waals surface area contributed by atoms with E-state index in [2.05, 4.69) is 40.3 Å². The van der Waals surface area contributed by atoms with Crippen LogP contribution in [-0.2, 0) is 0 Å². The van der Waals surface area contributed by atoms with Gasteiger partial charge in [-0.1, -0.05) is 24.6 Å². The zero-order chi connectivity index (χ0) is 13.1. The summed E-state index contributed by atoms with van der Waals surface area (Å²) < 4.78 is 0.932. The molecule has 1 aromatic rings. The van der Waals surface area contributed by atoms with Gasteiger partial charge in [0, 0.05) is 23.1 Å². The summed E-state index contributed by atoms with van der Waals surface area (Å²) in [6, 6.07) is 6.85. The van der Waals surface area contributed by atoms with Crippen LogP contribution in [0.25, 0.3) is 0 Å². The van der Waals surface area contributed by atoms with E-state index in [1.54, 1.807) is 0 Å². The van der Waals surface area contributed by atoms with Crippen LogP contribution in [0.15, 0.2) is 22.7 Å². The van der Waals surface area contributed by atoms with Crippen LogP contribution in [0.4, 0.5) is 0 Å². The number of nitrogens with two attached hydrogens (primary N) is 1. The number of rotatable bonds is 4. The molecule has 0 saturated heterocycles. The van der Waals surface area contributed by atoms with Gasteiger partial charge in [0.2, 0.25) is 0 Å². The molecule has 0 heterocycles. The largest absolute Gasteiger partial charge is 0.329 e. The lowest BCUT2D eigenvalue weighted by molar-refractivity contribution is 0.434. The zero-order valence-electron chi connectivity index (χ0n) is 10.6. The molecule has 3 atom stereocenters. The molecular weight excluding hydrogens is 312 g/mol. The molecule has 1 saturated carbocycles. The lowest BCUT2D eigenvalue weighted by atomic mass is 10.1. The average molecular weight is 332 g/mol. The van der Waals surface area contributed by atoms with Gasteiger partial charge in [-0.15, -0.1) is 0 Å². The average Bonchev–Trinajstić information content (AvgIpc) is 2.75. The van der Waals surface area contributed by atoms with Gasteiger partial charge < -0.3 is 11.1 Å². The van der Waals surface area contributed by atoms with E-state index < -0.39 is 0 Å². The maximum atomic E-state index is 6.02. The third kappa shape index (κ3) is 3.47. The molecule has 2 nitrogen and oxygen atoms in total. The van der Waals surface area contributed by atoms with Gasteiger partial charge in [0.1, 0.15) is 0 Å². The minimum absolute atomic E-state index is 0.217. The second-order valence-electron chi connectivity index (χ2n) is 5.24. The van der Waals surface area contributed by atoms with Crippen LogP contribution in [0.2, 0.25) is 5.02 Å². The van der Waals surface area contributed by atoms with Gasteiger partial charge in [-0.3, -0.25) is 0 Å². The number of halogens is 2. The van der Waals surface area contributed by atoms with Gasteiger partial charge in [-0.25, -0.2) is 0 Å². The normalized spacial score (nSPS) is 25.3. The van der Waals surface area contributed by atoms with Crippen molar-refractivity contribution < 1.29 is 0 Å². The van der Waals surface area contributed by atoms with Crippen molar-refractivity contribution in [1.29, 1.82) is 0 Å². The molecule has 4 heteroatoms. The second-order valence-corrected chi connectivity index (χ2v) is 6.51. The van der Waals surface area contributed by atoms with Crippen LogP contribution in [0.3, 0.4) is 0 Å². The van der Waals surface area contributed by atoms with Gasteiger partial charge in [-0.2, -0.15) is 0 Å². The van der Waals surface area contributed by atoms with E-state index in [0.29, 0.717) is 12.6 Å². The van der Waals surface area contributed by atoms with Crippen LogP contribution >= 0.6 is 27.5 Å². The lowest BCUT2D eigenvalue weighted by Crippen LogP contribution is -2.35. The molecule has 0 radical (unpaired) electrons. The number of nitrogens with one attached hydrogen (secondary N) is 1. The first-order chi connectivity index (χ1) is 8.60. The number of hydrogen-bond donors (Lipinski definition) is 2. The highest BCUT2D eigenvalue weighted by Crippen LogP contribution is 2.29. The van der Waals surface area contributed by atoms with Gasteiger partial charge in [0.15, 0.2) is 0 Å². The molecule has 3 unspecified atom stereocenters. The maximum absolute atomic E-state index is 6.02. The quantitative estimate of drug-likeness (QED) is 0.878. The summed E-state index contributed by atoms with van der Waals surface area (Å²) >= 11 is 9.48.